The zero-order valence-electron chi connectivity index (χ0n) is 14.9. The first-order chi connectivity index (χ1) is 12.5. The predicted octanol–water partition coefficient (Wildman–Crippen LogP) is 3.02. The zero-order chi connectivity index (χ0) is 18.7. The number of amides is 2. The number of ether oxygens (including phenoxy) is 1. The molecule has 3 rings (SSSR count). The Balaban J connectivity index is 1.64. The number of piperidine rings is 1. The predicted molar refractivity (Wildman–Crippen MR) is 98.3 cm³/mol. The molecule has 1 atom stereocenters. The molecule has 26 heavy (non-hydrogen) atoms. The summed E-state index contributed by atoms with van der Waals surface area (Å²) in [6, 6.07) is 4.86. The van der Waals surface area contributed by atoms with Crippen LogP contribution < -0.4 is 4.90 Å². The van der Waals surface area contributed by atoms with E-state index in [2.05, 4.69) is 0 Å². The van der Waals surface area contributed by atoms with Crippen LogP contribution >= 0.6 is 11.6 Å². The molecule has 0 aromatic heterocycles. The van der Waals surface area contributed by atoms with Crippen LogP contribution in [0.15, 0.2) is 18.2 Å². The number of benzene rings is 1. The van der Waals surface area contributed by atoms with Gasteiger partial charge in [0.15, 0.2) is 6.61 Å². The number of carbonyl (C=O) groups is 3. The Kier molecular flexibility index (Phi) is 5.81. The van der Waals surface area contributed by atoms with Crippen molar-refractivity contribution in [3.05, 3.63) is 28.8 Å². The molecule has 7 heteroatoms. The van der Waals surface area contributed by atoms with E-state index >= 15 is 0 Å². The summed E-state index contributed by atoms with van der Waals surface area (Å²) >= 11 is 6.18. The number of halogens is 1. The highest BCUT2D eigenvalue weighted by atomic mass is 35.5. The van der Waals surface area contributed by atoms with E-state index in [1.807, 2.05) is 6.92 Å². The second kappa shape index (κ2) is 8.08. The van der Waals surface area contributed by atoms with Crippen LogP contribution in [0, 0.1) is 0 Å². The standard InChI is InChI=1S/C19H23ClN2O4/c1-13-5-2-3-9-21(13)18(24)12-26-19(25)14-7-8-15(20)16(11-14)22-10-4-6-17(22)23/h7-8,11,13H,2-6,9-10,12H2,1H3/t13-/m1/s1. The Hall–Kier alpha value is -2.08. The summed E-state index contributed by atoms with van der Waals surface area (Å²) in [6.45, 7) is 3.03. The van der Waals surface area contributed by atoms with E-state index in [1.165, 1.54) is 0 Å². The molecule has 2 heterocycles. The average molecular weight is 379 g/mol. The Morgan fingerprint density at radius 2 is 2.04 bits per heavy atom. The highest BCUT2D eigenvalue weighted by Crippen LogP contribution is 2.30. The second-order valence-electron chi connectivity index (χ2n) is 6.82. The first-order valence-corrected chi connectivity index (χ1v) is 9.41. The Morgan fingerprint density at radius 1 is 1.23 bits per heavy atom. The Bertz CT molecular complexity index is 721. The van der Waals surface area contributed by atoms with Gasteiger partial charge in [0.05, 0.1) is 16.3 Å². The van der Waals surface area contributed by atoms with Crippen LogP contribution in [0.1, 0.15) is 49.4 Å². The second-order valence-corrected chi connectivity index (χ2v) is 7.23. The van der Waals surface area contributed by atoms with E-state index in [1.54, 1.807) is 28.0 Å². The van der Waals surface area contributed by atoms with E-state index in [4.69, 9.17) is 16.3 Å². The van der Waals surface area contributed by atoms with Gasteiger partial charge in [-0.05, 0) is 50.8 Å². The molecule has 1 aromatic rings. The molecule has 140 valence electrons. The molecule has 1 aromatic carbocycles. The van der Waals surface area contributed by atoms with Crippen LogP contribution in [0.2, 0.25) is 5.02 Å². The van der Waals surface area contributed by atoms with Crippen molar-refractivity contribution in [2.24, 2.45) is 0 Å². The molecule has 0 unspecified atom stereocenters. The molecule has 2 aliphatic rings. The van der Waals surface area contributed by atoms with Gasteiger partial charge >= 0.3 is 5.97 Å². The van der Waals surface area contributed by atoms with E-state index in [-0.39, 0.29) is 30.0 Å². The Labute approximate surface area is 158 Å². The number of anilines is 1. The number of esters is 1. The monoisotopic (exact) mass is 378 g/mol. The smallest absolute Gasteiger partial charge is 0.338 e. The van der Waals surface area contributed by atoms with Gasteiger partial charge in [0, 0.05) is 25.6 Å². The van der Waals surface area contributed by atoms with Crippen molar-refractivity contribution in [3.8, 4) is 0 Å². The van der Waals surface area contributed by atoms with Crippen LogP contribution in [-0.2, 0) is 14.3 Å². The molecule has 0 aliphatic carbocycles. The lowest BCUT2D eigenvalue weighted by molar-refractivity contribution is -0.137. The first-order valence-electron chi connectivity index (χ1n) is 9.04. The fraction of sp³-hybridized carbons (Fsp3) is 0.526. The third kappa shape index (κ3) is 4.01. The van der Waals surface area contributed by atoms with Crippen molar-refractivity contribution < 1.29 is 19.1 Å². The van der Waals surface area contributed by atoms with Gasteiger partial charge in [0.25, 0.3) is 5.91 Å². The average Bonchev–Trinajstić information content (AvgIpc) is 3.06. The molecule has 2 aliphatic heterocycles. The summed E-state index contributed by atoms with van der Waals surface area (Å²) in [4.78, 5) is 39.9. The van der Waals surface area contributed by atoms with E-state index in [0.717, 1.165) is 25.7 Å². The van der Waals surface area contributed by atoms with E-state index in [0.29, 0.717) is 30.2 Å². The van der Waals surface area contributed by atoms with Crippen LogP contribution in [-0.4, -0.2) is 48.4 Å². The minimum Gasteiger partial charge on any atom is -0.452 e. The van der Waals surface area contributed by atoms with Crippen LogP contribution in [0.25, 0.3) is 0 Å². The first kappa shape index (κ1) is 18.7. The maximum absolute atomic E-state index is 12.3. The number of carbonyl (C=O) groups excluding carboxylic acids is 3. The lowest BCUT2D eigenvalue weighted by Gasteiger charge is -2.33. The number of nitrogens with zero attached hydrogens (tertiary/aromatic N) is 2. The highest BCUT2D eigenvalue weighted by Gasteiger charge is 2.26. The van der Waals surface area contributed by atoms with Crippen molar-refractivity contribution in [2.75, 3.05) is 24.6 Å². The maximum atomic E-state index is 12.3. The third-order valence-electron chi connectivity index (χ3n) is 5.00. The molecule has 2 amide bonds. The molecular weight excluding hydrogens is 356 g/mol. The summed E-state index contributed by atoms with van der Waals surface area (Å²) in [5, 5.41) is 0.412. The molecule has 0 bridgehead atoms. The summed E-state index contributed by atoms with van der Waals surface area (Å²) in [6.07, 6.45) is 4.33. The third-order valence-corrected chi connectivity index (χ3v) is 5.32. The molecule has 2 saturated heterocycles. The quantitative estimate of drug-likeness (QED) is 0.755. The lowest BCUT2D eigenvalue weighted by atomic mass is 10.0. The summed E-state index contributed by atoms with van der Waals surface area (Å²) < 4.78 is 5.20. The largest absolute Gasteiger partial charge is 0.452 e. The summed E-state index contributed by atoms with van der Waals surface area (Å²) in [5.41, 5.74) is 0.795. The van der Waals surface area contributed by atoms with Gasteiger partial charge in [-0.15, -0.1) is 0 Å². The van der Waals surface area contributed by atoms with Crippen molar-refractivity contribution in [3.63, 3.8) is 0 Å². The maximum Gasteiger partial charge on any atom is 0.338 e. The summed E-state index contributed by atoms with van der Waals surface area (Å²) in [5.74, 6) is -0.770. The fourth-order valence-electron chi connectivity index (χ4n) is 3.51. The Morgan fingerprint density at radius 3 is 2.73 bits per heavy atom. The molecule has 0 radical (unpaired) electrons. The topological polar surface area (TPSA) is 66.9 Å². The van der Waals surface area contributed by atoms with Crippen molar-refractivity contribution in [1.82, 2.24) is 4.90 Å². The number of hydrogen-bond acceptors (Lipinski definition) is 4. The molecule has 6 nitrogen and oxygen atoms in total. The van der Waals surface area contributed by atoms with Crippen LogP contribution in [0.5, 0.6) is 0 Å². The van der Waals surface area contributed by atoms with Crippen molar-refractivity contribution >= 4 is 35.1 Å². The van der Waals surface area contributed by atoms with Crippen molar-refractivity contribution in [2.45, 2.75) is 45.1 Å². The molecule has 2 fully saturated rings. The van der Waals surface area contributed by atoms with E-state index < -0.39 is 5.97 Å². The number of likely N-dealkylation sites (tertiary alicyclic amines) is 1. The minimum atomic E-state index is -0.590. The van der Waals surface area contributed by atoms with Gasteiger partial charge in [-0.2, -0.15) is 0 Å². The zero-order valence-corrected chi connectivity index (χ0v) is 15.6. The molecule has 0 N–H and O–H groups in total. The van der Waals surface area contributed by atoms with Gasteiger partial charge < -0.3 is 14.5 Å². The van der Waals surface area contributed by atoms with Crippen LogP contribution in [0.4, 0.5) is 5.69 Å². The number of rotatable bonds is 4. The van der Waals surface area contributed by atoms with Gasteiger partial charge in [0.1, 0.15) is 0 Å². The molecular formula is C19H23ClN2O4. The minimum absolute atomic E-state index is 0.00770. The highest BCUT2D eigenvalue weighted by molar-refractivity contribution is 6.34. The molecule has 0 spiro atoms. The number of hydrogen-bond donors (Lipinski definition) is 0. The van der Waals surface area contributed by atoms with Gasteiger partial charge in [-0.25, -0.2) is 4.79 Å². The normalized spacial score (nSPS) is 20.4. The fourth-order valence-corrected chi connectivity index (χ4v) is 3.73. The van der Waals surface area contributed by atoms with Gasteiger partial charge in [-0.3, -0.25) is 9.59 Å². The summed E-state index contributed by atoms with van der Waals surface area (Å²) in [7, 11) is 0. The molecule has 0 saturated carbocycles. The van der Waals surface area contributed by atoms with Crippen LogP contribution in [0.3, 0.4) is 0 Å². The van der Waals surface area contributed by atoms with Crippen molar-refractivity contribution in [1.29, 1.82) is 0 Å². The van der Waals surface area contributed by atoms with Gasteiger partial charge in [-0.1, -0.05) is 11.6 Å². The SMILES string of the molecule is C[C@@H]1CCCCN1C(=O)COC(=O)c1ccc(Cl)c(N2CCCC2=O)c1. The lowest BCUT2D eigenvalue weighted by Crippen LogP contribution is -2.44. The van der Waals surface area contributed by atoms with E-state index in [9.17, 15) is 14.4 Å². The van der Waals surface area contributed by atoms with Gasteiger partial charge in [0.2, 0.25) is 5.91 Å².